The second kappa shape index (κ2) is 6.75. The van der Waals surface area contributed by atoms with E-state index in [1.807, 2.05) is 37.3 Å². The summed E-state index contributed by atoms with van der Waals surface area (Å²) in [6.07, 6.45) is 0. The lowest BCUT2D eigenvalue weighted by atomic mass is 10.1. The summed E-state index contributed by atoms with van der Waals surface area (Å²) in [7, 11) is 1.63. The third kappa shape index (κ3) is 3.12. The Hall–Kier alpha value is -3.35. The van der Waals surface area contributed by atoms with Gasteiger partial charge in [-0.25, -0.2) is 4.98 Å². The van der Waals surface area contributed by atoms with Crippen LogP contribution in [0.25, 0.3) is 11.0 Å². The largest absolute Gasteiger partial charge is 0.486 e. The number of aryl methyl sites for hydroxylation is 1. The standard InChI is InChI=1S/C20H19N3O4/c1-12(13-7-8-16-17(11-13)27-10-9-26-16)21-19(24)18-20(25)23(2)15-6-4-3-5-14(15)22-18/h3-8,11-12H,9-10H2,1-2H3,(H,21,24)/t12-/m1/s1. The molecule has 7 nitrogen and oxygen atoms in total. The molecule has 1 aromatic heterocycles. The molecule has 1 aliphatic rings. The Morgan fingerprint density at radius 3 is 2.70 bits per heavy atom. The number of rotatable bonds is 3. The third-order valence-electron chi connectivity index (χ3n) is 4.61. The van der Waals surface area contributed by atoms with E-state index in [-0.39, 0.29) is 11.7 Å². The summed E-state index contributed by atoms with van der Waals surface area (Å²) in [5, 5.41) is 2.84. The molecular weight excluding hydrogens is 346 g/mol. The number of ether oxygens (including phenoxy) is 2. The Kier molecular flexibility index (Phi) is 4.27. The summed E-state index contributed by atoms with van der Waals surface area (Å²) >= 11 is 0. The number of fused-ring (bicyclic) bond motifs is 2. The molecule has 0 bridgehead atoms. The van der Waals surface area contributed by atoms with E-state index >= 15 is 0 Å². The Bertz CT molecular complexity index is 1090. The van der Waals surface area contributed by atoms with Crippen molar-refractivity contribution in [3.8, 4) is 11.5 Å². The minimum Gasteiger partial charge on any atom is -0.486 e. The Labute approximate surface area is 155 Å². The average Bonchev–Trinajstić information content (AvgIpc) is 2.70. The molecule has 2 heterocycles. The van der Waals surface area contributed by atoms with Crippen LogP contribution in [0.15, 0.2) is 47.3 Å². The summed E-state index contributed by atoms with van der Waals surface area (Å²) in [5.41, 5.74) is 1.57. The van der Waals surface area contributed by atoms with Gasteiger partial charge in [0.2, 0.25) is 0 Å². The monoisotopic (exact) mass is 365 g/mol. The summed E-state index contributed by atoms with van der Waals surface area (Å²) < 4.78 is 12.5. The maximum Gasteiger partial charge on any atom is 0.282 e. The van der Waals surface area contributed by atoms with Crippen molar-refractivity contribution in [3.05, 3.63) is 64.1 Å². The number of para-hydroxylation sites is 2. The first-order valence-corrected chi connectivity index (χ1v) is 8.71. The van der Waals surface area contributed by atoms with Crippen molar-refractivity contribution >= 4 is 16.9 Å². The van der Waals surface area contributed by atoms with E-state index < -0.39 is 11.5 Å². The van der Waals surface area contributed by atoms with Crippen LogP contribution in [0.5, 0.6) is 11.5 Å². The van der Waals surface area contributed by atoms with Crippen LogP contribution in [0.3, 0.4) is 0 Å². The van der Waals surface area contributed by atoms with Gasteiger partial charge in [0.05, 0.1) is 17.1 Å². The van der Waals surface area contributed by atoms with Crippen molar-refractivity contribution in [3.63, 3.8) is 0 Å². The molecule has 0 fully saturated rings. The highest BCUT2D eigenvalue weighted by molar-refractivity contribution is 5.94. The molecule has 138 valence electrons. The van der Waals surface area contributed by atoms with Crippen molar-refractivity contribution in [2.45, 2.75) is 13.0 Å². The smallest absolute Gasteiger partial charge is 0.282 e. The van der Waals surface area contributed by atoms with Gasteiger partial charge in [0.1, 0.15) is 13.2 Å². The van der Waals surface area contributed by atoms with Gasteiger partial charge in [-0.15, -0.1) is 0 Å². The molecule has 2 aromatic carbocycles. The number of amides is 1. The average molecular weight is 365 g/mol. The number of aromatic nitrogens is 2. The topological polar surface area (TPSA) is 82.5 Å². The maximum absolute atomic E-state index is 12.7. The van der Waals surface area contributed by atoms with Gasteiger partial charge < -0.3 is 19.4 Å². The van der Waals surface area contributed by atoms with Gasteiger partial charge in [-0.2, -0.15) is 0 Å². The summed E-state index contributed by atoms with van der Waals surface area (Å²) in [4.78, 5) is 29.5. The number of nitrogens with zero attached hydrogens (tertiary/aromatic N) is 2. The van der Waals surface area contributed by atoms with Crippen molar-refractivity contribution in [1.82, 2.24) is 14.9 Å². The maximum atomic E-state index is 12.7. The minimum atomic E-state index is -0.510. The van der Waals surface area contributed by atoms with Crippen molar-refractivity contribution in [2.24, 2.45) is 7.05 Å². The number of carbonyl (C=O) groups is 1. The molecule has 0 radical (unpaired) electrons. The highest BCUT2D eigenvalue weighted by Crippen LogP contribution is 2.32. The molecular formula is C20H19N3O4. The van der Waals surface area contributed by atoms with Crippen LogP contribution < -0.4 is 20.3 Å². The lowest BCUT2D eigenvalue weighted by Gasteiger charge is -2.21. The number of hydrogen-bond acceptors (Lipinski definition) is 5. The first-order valence-electron chi connectivity index (χ1n) is 8.71. The van der Waals surface area contributed by atoms with Gasteiger partial charge >= 0.3 is 0 Å². The predicted molar refractivity (Wildman–Crippen MR) is 100 cm³/mol. The quantitative estimate of drug-likeness (QED) is 0.769. The lowest BCUT2D eigenvalue weighted by molar-refractivity contribution is 0.0933. The molecule has 1 atom stereocenters. The van der Waals surface area contributed by atoms with Crippen molar-refractivity contribution in [1.29, 1.82) is 0 Å². The number of hydrogen-bond donors (Lipinski definition) is 1. The molecule has 0 saturated heterocycles. The number of nitrogens with one attached hydrogen (secondary N) is 1. The molecule has 0 saturated carbocycles. The summed E-state index contributed by atoms with van der Waals surface area (Å²) in [6, 6.07) is 12.4. The predicted octanol–water partition coefficient (Wildman–Crippen LogP) is 2.20. The van der Waals surface area contributed by atoms with E-state index in [2.05, 4.69) is 10.3 Å². The van der Waals surface area contributed by atoms with E-state index in [0.717, 1.165) is 5.56 Å². The van der Waals surface area contributed by atoms with Crippen LogP contribution in [0, 0.1) is 0 Å². The van der Waals surface area contributed by atoms with Crippen LogP contribution in [-0.4, -0.2) is 28.7 Å². The van der Waals surface area contributed by atoms with Crippen molar-refractivity contribution < 1.29 is 14.3 Å². The zero-order valence-corrected chi connectivity index (χ0v) is 15.1. The van der Waals surface area contributed by atoms with Crippen LogP contribution in [0.4, 0.5) is 0 Å². The SMILES string of the molecule is C[C@@H](NC(=O)c1nc2ccccc2n(C)c1=O)c1ccc2c(c1)OCCO2. The fourth-order valence-electron chi connectivity index (χ4n) is 3.10. The Balaban J connectivity index is 1.61. The Morgan fingerprint density at radius 2 is 1.89 bits per heavy atom. The van der Waals surface area contributed by atoms with Gasteiger partial charge in [-0.1, -0.05) is 18.2 Å². The van der Waals surface area contributed by atoms with E-state index in [1.54, 1.807) is 19.2 Å². The van der Waals surface area contributed by atoms with E-state index in [4.69, 9.17) is 9.47 Å². The molecule has 1 N–H and O–H groups in total. The molecule has 27 heavy (non-hydrogen) atoms. The van der Waals surface area contributed by atoms with Gasteiger partial charge in [-0.3, -0.25) is 9.59 Å². The van der Waals surface area contributed by atoms with E-state index in [0.29, 0.717) is 35.7 Å². The highest BCUT2D eigenvalue weighted by atomic mass is 16.6. The normalized spacial score (nSPS) is 14.0. The van der Waals surface area contributed by atoms with E-state index in [1.165, 1.54) is 4.57 Å². The zero-order valence-electron chi connectivity index (χ0n) is 15.1. The van der Waals surface area contributed by atoms with Gasteiger partial charge in [0.15, 0.2) is 17.2 Å². The molecule has 7 heteroatoms. The summed E-state index contributed by atoms with van der Waals surface area (Å²) in [6.45, 7) is 2.86. The fraction of sp³-hybridized carbons (Fsp3) is 0.250. The minimum absolute atomic E-state index is 0.124. The first kappa shape index (κ1) is 17.1. The van der Waals surface area contributed by atoms with Crippen molar-refractivity contribution in [2.75, 3.05) is 13.2 Å². The van der Waals surface area contributed by atoms with Crippen LogP contribution in [-0.2, 0) is 7.05 Å². The second-order valence-electron chi connectivity index (χ2n) is 6.41. The van der Waals surface area contributed by atoms with Gasteiger partial charge in [0.25, 0.3) is 11.5 Å². The van der Waals surface area contributed by atoms with E-state index in [9.17, 15) is 9.59 Å². The lowest BCUT2D eigenvalue weighted by Crippen LogP contribution is -2.35. The van der Waals surface area contributed by atoms with Crippen LogP contribution in [0.2, 0.25) is 0 Å². The zero-order chi connectivity index (χ0) is 19.0. The Morgan fingerprint density at radius 1 is 1.15 bits per heavy atom. The molecule has 1 amide bonds. The van der Waals surface area contributed by atoms with Gasteiger partial charge in [-0.05, 0) is 36.8 Å². The summed E-state index contributed by atoms with van der Waals surface area (Å²) in [5.74, 6) is 0.830. The molecule has 1 aliphatic heterocycles. The van der Waals surface area contributed by atoms with Gasteiger partial charge in [0, 0.05) is 7.05 Å². The van der Waals surface area contributed by atoms with Crippen LogP contribution in [0.1, 0.15) is 29.0 Å². The molecule has 0 spiro atoms. The highest BCUT2D eigenvalue weighted by Gasteiger charge is 2.20. The second-order valence-corrected chi connectivity index (χ2v) is 6.41. The number of benzene rings is 2. The molecule has 4 rings (SSSR count). The third-order valence-corrected chi connectivity index (χ3v) is 4.61. The fourth-order valence-corrected chi connectivity index (χ4v) is 3.10. The molecule has 0 aliphatic carbocycles. The van der Waals surface area contributed by atoms with Crippen LogP contribution >= 0.6 is 0 Å². The molecule has 0 unspecified atom stereocenters. The first-order chi connectivity index (χ1) is 13.0. The number of carbonyl (C=O) groups excluding carboxylic acids is 1. The molecule has 3 aromatic rings.